The van der Waals surface area contributed by atoms with Crippen molar-refractivity contribution in [3.05, 3.63) is 11.1 Å². The van der Waals surface area contributed by atoms with Gasteiger partial charge in [0.2, 0.25) is 0 Å². The van der Waals surface area contributed by atoms with E-state index in [-0.39, 0.29) is 29.0 Å². The molecule has 0 saturated carbocycles. The van der Waals surface area contributed by atoms with E-state index < -0.39 is 11.9 Å². The van der Waals surface area contributed by atoms with Crippen LogP contribution in [-0.4, -0.2) is 54.2 Å². The Bertz CT molecular complexity index is 410. The molecule has 0 saturated heterocycles. The first-order chi connectivity index (χ1) is 7.60. The molecule has 0 radical (unpaired) electrons. The van der Waals surface area contributed by atoms with Crippen LogP contribution in [0.1, 0.15) is 32.3 Å². The normalized spacial score (nSPS) is 9.88. The molecule has 0 amide bonds. The summed E-state index contributed by atoms with van der Waals surface area (Å²) in [6, 6.07) is 0. The van der Waals surface area contributed by atoms with Crippen molar-refractivity contribution in [2.75, 3.05) is 13.2 Å². The van der Waals surface area contributed by atoms with Gasteiger partial charge in [-0.15, -0.1) is 0 Å². The molecule has 0 aliphatic rings. The van der Waals surface area contributed by atoms with Gasteiger partial charge in [-0.3, -0.25) is 0 Å². The Morgan fingerprint density at radius 3 is 1.75 bits per heavy atom. The van der Waals surface area contributed by atoms with E-state index in [1.807, 2.05) is 0 Å². The quantitative estimate of drug-likeness (QED) is 0.446. The third-order valence-electron chi connectivity index (χ3n) is 1.50. The maximum absolute atomic E-state index is 11.6. The summed E-state index contributed by atoms with van der Waals surface area (Å²) in [6.07, 6.45) is 0. The fourth-order valence-corrected chi connectivity index (χ4v) is 7.11. The Morgan fingerprint density at radius 2 is 1.44 bits per heavy atom. The number of hydrogen-bond acceptors (Lipinski definition) is 5. The molecule has 88 valence electrons. The number of hydrogen-bond donors (Lipinski definition) is 0. The van der Waals surface area contributed by atoms with Crippen LogP contribution in [0.25, 0.3) is 0 Å². The molecule has 0 fully saturated rings. The summed E-state index contributed by atoms with van der Waals surface area (Å²) in [6.45, 7) is 4.06. The number of carbonyl (C=O) groups excluding carboxylic acids is 2. The second-order valence-corrected chi connectivity index (χ2v) is 9.72. The second kappa shape index (κ2) is 6.52. The van der Waals surface area contributed by atoms with Crippen LogP contribution >= 0.6 is 12.2 Å². The molecule has 0 N–H and O–H groups in total. The number of esters is 2. The fraction of sp³-hybridized carbons (Fsp3) is 0.444. The van der Waals surface area contributed by atoms with Crippen molar-refractivity contribution in [2.24, 2.45) is 0 Å². The van der Waals surface area contributed by atoms with E-state index in [4.69, 9.17) is 21.7 Å². The molecule has 1 aromatic rings. The summed E-state index contributed by atoms with van der Waals surface area (Å²) in [5.41, 5.74) is 0. The average Bonchev–Trinajstić information content (AvgIpc) is 2.61. The van der Waals surface area contributed by atoms with Crippen molar-refractivity contribution in [1.29, 1.82) is 0 Å². The Kier molecular flexibility index (Phi) is 5.65. The average molecular weight is 372 g/mol. The number of ether oxygens (including phenoxy) is 2. The molecule has 1 rings (SSSR count). The molecule has 0 aliphatic carbocycles. The third-order valence-corrected chi connectivity index (χ3v) is 7.95. The van der Waals surface area contributed by atoms with E-state index in [9.17, 15) is 9.59 Å². The van der Waals surface area contributed by atoms with Gasteiger partial charge in [0.15, 0.2) is 0 Å². The van der Waals surface area contributed by atoms with Crippen LogP contribution in [-0.2, 0) is 9.47 Å². The SMILES string of the molecule is CCOC(=O)c1[se]c(=S)[se]c1C(=O)OCC. The molecule has 1 aromatic heterocycles. The number of carbonyl (C=O) groups is 2. The molecule has 0 atom stereocenters. The Labute approximate surface area is 110 Å². The van der Waals surface area contributed by atoms with Gasteiger partial charge in [0.25, 0.3) is 0 Å². The van der Waals surface area contributed by atoms with Gasteiger partial charge in [-0.25, -0.2) is 0 Å². The van der Waals surface area contributed by atoms with Crippen LogP contribution < -0.4 is 0 Å². The predicted octanol–water partition coefficient (Wildman–Crippen LogP) is 0.883. The molecule has 0 spiro atoms. The molecule has 0 aliphatic heterocycles. The van der Waals surface area contributed by atoms with E-state index in [1.54, 1.807) is 13.8 Å². The van der Waals surface area contributed by atoms with Crippen molar-refractivity contribution in [3.8, 4) is 0 Å². The van der Waals surface area contributed by atoms with Crippen LogP contribution in [0.15, 0.2) is 0 Å². The molecular formula is C9H10O4SSe2. The molecule has 16 heavy (non-hydrogen) atoms. The summed E-state index contributed by atoms with van der Waals surface area (Å²) in [5, 5.41) is 0. The molecule has 7 heteroatoms. The zero-order chi connectivity index (χ0) is 12.1. The maximum atomic E-state index is 11.6. The third kappa shape index (κ3) is 3.40. The molecule has 0 bridgehead atoms. The summed E-state index contributed by atoms with van der Waals surface area (Å²) in [4.78, 5) is 23.2. The zero-order valence-corrected chi connectivity index (χ0v) is 13.0. The minimum atomic E-state index is -0.424. The second-order valence-electron chi connectivity index (χ2n) is 2.55. The van der Waals surface area contributed by atoms with E-state index in [2.05, 4.69) is 0 Å². The van der Waals surface area contributed by atoms with Crippen molar-refractivity contribution < 1.29 is 19.1 Å². The van der Waals surface area contributed by atoms with Crippen molar-refractivity contribution >= 4 is 53.2 Å². The standard InChI is InChI=1S/C9H10O4SSe2/c1-3-12-7(10)5-6(8(11)13-4-2)16-9(14)15-5/h3-4H2,1-2H3. The number of rotatable bonds is 4. The van der Waals surface area contributed by atoms with Crippen molar-refractivity contribution in [1.82, 2.24) is 0 Å². The summed E-state index contributed by atoms with van der Waals surface area (Å²) in [7, 11) is 0. The Hall–Kier alpha value is -0.191. The predicted molar refractivity (Wildman–Crippen MR) is 63.1 cm³/mol. The Morgan fingerprint density at radius 1 is 1.06 bits per heavy atom. The van der Waals surface area contributed by atoms with Gasteiger partial charge in [-0.2, -0.15) is 0 Å². The van der Waals surface area contributed by atoms with Crippen LogP contribution in [0.2, 0.25) is 0 Å². The molecule has 4 nitrogen and oxygen atoms in total. The van der Waals surface area contributed by atoms with Crippen LogP contribution in [0.3, 0.4) is 0 Å². The van der Waals surface area contributed by atoms with Gasteiger partial charge in [0.1, 0.15) is 0 Å². The van der Waals surface area contributed by atoms with Crippen molar-refractivity contribution in [2.45, 2.75) is 13.8 Å². The first-order valence-corrected chi connectivity index (χ1v) is 8.41. The topological polar surface area (TPSA) is 52.6 Å². The van der Waals surface area contributed by atoms with Gasteiger partial charge in [0, 0.05) is 0 Å². The summed E-state index contributed by atoms with van der Waals surface area (Å²) >= 11 is 4.64. The van der Waals surface area contributed by atoms with Gasteiger partial charge in [-0.05, 0) is 0 Å². The minimum absolute atomic E-state index is 0.219. The molecular weight excluding hydrogens is 362 g/mol. The monoisotopic (exact) mass is 374 g/mol. The van der Waals surface area contributed by atoms with E-state index in [1.165, 1.54) is 0 Å². The fourth-order valence-electron chi connectivity index (χ4n) is 0.942. The van der Waals surface area contributed by atoms with Gasteiger partial charge < -0.3 is 0 Å². The zero-order valence-electron chi connectivity index (χ0n) is 8.77. The summed E-state index contributed by atoms with van der Waals surface area (Å²) < 4.78 is 11.5. The van der Waals surface area contributed by atoms with E-state index in [0.29, 0.717) is 22.1 Å². The van der Waals surface area contributed by atoms with E-state index in [0.717, 1.165) is 2.26 Å². The van der Waals surface area contributed by atoms with Crippen LogP contribution in [0, 0.1) is 2.26 Å². The molecule has 0 unspecified atom stereocenters. The Balaban J connectivity index is 3.04. The summed E-state index contributed by atoms with van der Waals surface area (Å²) in [5.74, 6) is -0.848. The van der Waals surface area contributed by atoms with Crippen LogP contribution in [0.5, 0.6) is 0 Å². The first-order valence-electron chi connectivity index (χ1n) is 4.58. The van der Waals surface area contributed by atoms with Gasteiger partial charge in [0.05, 0.1) is 0 Å². The van der Waals surface area contributed by atoms with E-state index >= 15 is 0 Å². The van der Waals surface area contributed by atoms with Gasteiger partial charge >= 0.3 is 110 Å². The molecule has 0 aromatic carbocycles. The van der Waals surface area contributed by atoms with Gasteiger partial charge in [-0.1, -0.05) is 0 Å². The van der Waals surface area contributed by atoms with Crippen LogP contribution in [0.4, 0.5) is 0 Å². The van der Waals surface area contributed by atoms with Crippen molar-refractivity contribution in [3.63, 3.8) is 0 Å². The molecule has 1 heterocycles. The first kappa shape index (κ1) is 13.9.